The van der Waals surface area contributed by atoms with Crippen LogP contribution in [0.15, 0.2) is 108 Å². The number of amidine groups is 1. The molecule has 1 saturated heterocycles. The smallest absolute Gasteiger partial charge is 0.272 e. The van der Waals surface area contributed by atoms with Gasteiger partial charge in [-0.1, -0.05) is 128 Å². The first-order valence-corrected chi connectivity index (χ1v) is 12.5. The van der Waals surface area contributed by atoms with Gasteiger partial charge in [-0.15, -0.1) is 0 Å². The number of benzene rings is 3. The first kappa shape index (κ1) is 23.6. The predicted molar refractivity (Wildman–Crippen MR) is 144 cm³/mol. The molecule has 34 heavy (non-hydrogen) atoms. The minimum Gasteiger partial charge on any atom is -0.272 e. The highest BCUT2D eigenvalue weighted by molar-refractivity contribution is 8.14. The maximum absolute atomic E-state index is 13.9. The lowest BCUT2D eigenvalue weighted by atomic mass is 10.0. The number of hydrogen-bond donors (Lipinski definition) is 1. The van der Waals surface area contributed by atoms with Crippen molar-refractivity contribution in [3.63, 3.8) is 0 Å². The second-order valence-electron chi connectivity index (χ2n) is 7.95. The Morgan fingerprint density at radius 1 is 0.971 bits per heavy atom. The molecular weight excluding hydrogens is 438 g/mol. The molecule has 172 valence electrons. The lowest BCUT2D eigenvalue weighted by Crippen LogP contribution is -2.43. The number of nitrogens with zero attached hydrogens (tertiary/aromatic N) is 2. The number of hydrogen-bond acceptors (Lipinski definition) is 3. The quantitative estimate of drug-likeness (QED) is 0.232. The monoisotopic (exact) mass is 467 g/mol. The summed E-state index contributed by atoms with van der Waals surface area (Å²) in [6.07, 6.45) is 8.22. The Balaban J connectivity index is 1.64. The molecule has 0 radical (unpaired) electrons. The molecule has 1 amide bonds. The number of carbonyl (C=O) groups is 1. The van der Waals surface area contributed by atoms with Crippen molar-refractivity contribution >= 4 is 34.5 Å². The molecule has 1 N–H and O–H groups in total. The van der Waals surface area contributed by atoms with Gasteiger partial charge in [0.1, 0.15) is 5.37 Å². The predicted octanol–water partition coefficient (Wildman–Crippen LogP) is 6.55. The summed E-state index contributed by atoms with van der Waals surface area (Å²) in [5, 5.41) is 2.27. The van der Waals surface area contributed by atoms with Crippen LogP contribution in [0.25, 0.3) is 11.6 Å². The van der Waals surface area contributed by atoms with Crippen LogP contribution in [0.5, 0.6) is 0 Å². The number of allylic oxidation sites excluding steroid dienone is 1. The highest BCUT2D eigenvalue weighted by Gasteiger charge is 2.33. The van der Waals surface area contributed by atoms with Crippen molar-refractivity contribution in [1.82, 2.24) is 10.4 Å². The van der Waals surface area contributed by atoms with Crippen molar-refractivity contribution in [3.8, 4) is 0 Å². The molecule has 4 nitrogen and oxygen atoms in total. The van der Waals surface area contributed by atoms with E-state index in [1.807, 2.05) is 84.9 Å². The molecule has 1 aliphatic heterocycles. The number of unbranched alkanes of at least 4 members (excludes halogenated alkanes) is 1. The van der Waals surface area contributed by atoms with Crippen molar-refractivity contribution in [2.75, 3.05) is 0 Å². The molecule has 1 aliphatic rings. The van der Waals surface area contributed by atoms with E-state index in [-0.39, 0.29) is 11.3 Å². The Kier molecular flexibility index (Phi) is 8.36. The molecule has 0 aromatic heterocycles. The van der Waals surface area contributed by atoms with E-state index in [1.165, 1.54) is 0 Å². The Hall–Kier alpha value is -3.57. The van der Waals surface area contributed by atoms with E-state index >= 15 is 0 Å². The lowest BCUT2D eigenvalue weighted by Gasteiger charge is -2.22. The van der Waals surface area contributed by atoms with Crippen molar-refractivity contribution < 1.29 is 4.79 Å². The first-order chi connectivity index (χ1) is 16.7. The molecule has 0 saturated carbocycles. The maximum atomic E-state index is 13.9. The number of carbonyl (C=O) groups excluding carboxylic acids is 1. The van der Waals surface area contributed by atoms with Crippen molar-refractivity contribution in [2.24, 2.45) is 4.99 Å². The van der Waals surface area contributed by atoms with Crippen LogP contribution in [0.1, 0.15) is 36.5 Å². The molecule has 1 unspecified atom stereocenters. The second-order valence-corrected chi connectivity index (χ2v) is 9.06. The summed E-state index contributed by atoms with van der Waals surface area (Å²) in [4.78, 5) is 18.6. The summed E-state index contributed by atoms with van der Waals surface area (Å²) < 4.78 is 0. The van der Waals surface area contributed by atoms with Gasteiger partial charge >= 0.3 is 0 Å². The molecule has 0 spiro atoms. The van der Waals surface area contributed by atoms with E-state index < -0.39 is 0 Å². The van der Waals surface area contributed by atoms with Crippen molar-refractivity contribution in [2.45, 2.75) is 31.7 Å². The minimum absolute atomic E-state index is 0.0846. The van der Waals surface area contributed by atoms with Crippen LogP contribution >= 0.6 is 11.8 Å². The average molecular weight is 468 g/mol. The van der Waals surface area contributed by atoms with Gasteiger partial charge in [0, 0.05) is 5.57 Å². The Labute approximate surface area is 206 Å². The Morgan fingerprint density at radius 2 is 1.62 bits per heavy atom. The zero-order chi connectivity index (χ0) is 23.6. The standard InChI is InChI=1S/C29H29N3OS/c1-2-3-7-20-27-32(31-29(34-27)30-22-24-16-10-5-11-17-24)28(33)26(25-18-12-6-13-19-25)21-23-14-8-4-9-15-23/h4-21,27H,2-3,22H2,1H3,(H,30,31)/b20-7+,26-21+. The third kappa shape index (κ3) is 6.27. The average Bonchev–Trinajstić information content (AvgIpc) is 3.30. The summed E-state index contributed by atoms with van der Waals surface area (Å²) >= 11 is 1.57. The number of nitrogens with one attached hydrogen (secondary N) is 1. The van der Waals surface area contributed by atoms with Gasteiger partial charge in [0.2, 0.25) is 0 Å². The summed E-state index contributed by atoms with van der Waals surface area (Å²) in [6, 6.07) is 29.9. The molecule has 4 rings (SSSR count). The molecule has 1 heterocycles. The van der Waals surface area contributed by atoms with Crippen LogP contribution in [0, 0.1) is 0 Å². The summed E-state index contributed by atoms with van der Waals surface area (Å²) in [5.41, 5.74) is 6.92. The van der Waals surface area contributed by atoms with Crippen molar-refractivity contribution in [3.05, 3.63) is 120 Å². The fraction of sp³-hybridized carbons (Fsp3) is 0.172. The SMILES string of the molecule is CCC/C=C/C1SC(=NCc2ccccc2)NN1C(=O)/C(=C/c1ccccc1)c1ccccc1. The third-order valence-corrected chi connectivity index (χ3v) is 6.40. The van der Waals surface area contributed by atoms with Crippen LogP contribution in [0.2, 0.25) is 0 Å². The lowest BCUT2D eigenvalue weighted by molar-refractivity contribution is -0.126. The number of amides is 1. The van der Waals surface area contributed by atoms with Gasteiger partial charge in [-0.2, -0.15) is 0 Å². The number of aliphatic imine (C=N–C) groups is 1. The molecule has 0 aliphatic carbocycles. The second kappa shape index (κ2) is 12.1. The summed E-state index contributed by atoms with van der Waals surface area (Å²) in [6.45, 7) is 2.71. The molecule has 0 bridgehead atoms. The van der Waals surface area contributed by atoms with Gasteiger partial charge in [-0.3, -0.25) is 15.2 Å². The normalized spacial score (nSPS) is 17.3. The largest absolute Gasteiger partial charge is 0.274 e. The molecule has 1 atom stereocenters. The minimum atomic E-state index is -0.170. The fourth-order valence-electron chi connectivity index (χ4n) is 3.58. The molecule has 3 aromatic carbocycles. The summed E-state index contributed by atoms with van der Waals surface area (Å²) in [7, 11) is 0. The van der Waals surface area contributed by atoms with E-state index in [0.717, 1.165) is 34.7 Å². The Bertz CT molecular complexity index is 1160. The molecule has 3 aromatic rings. The fourth-order valence-corrected chi connectivity index (χ4v) is 4.54. The zero-order valence-electron chi connectivity index (χ0n) is 19.3. The highest BCUT2D eigenvalue weighted by Crippen LogP contribution is 2.29. The maximum Gasteiger partial charge on any atom is 0.274 e. The van der Waals surface area contributed by atoms with E-state index in [0.29, 0.717) is 12.1 Å². The molecule has 1 fully saturated rings. The van der Waals surface area contributed by atoms with E-state index in [4.69, 9.17) is 4.99 Å². The molecular formula is C29H29N3OS. The van der Waals surface area contributed by atoms with Gasteiger partial charge in [0.05, 0.1) is 6.54 Å². The van der Waals surface area contributed by atoms with E-state index in [1.54, 1.807) is 16.8 Å². The van der Waals surface area contributed by atoms with Crippen LogP contribution in [0.3, 0.4) is 0 Å². The van der Waals surface area contributed by atoms with Crippen LogP contribution in [-0.2, 0) is 11.3 Å². The zero-order valence-corrected chi connectivity index (χ0v) is 20.1. The van der Waals surface area contributed by atoms with Crippen molar-refractivity contribution in [1.29, 1.82) is 0 Å². The van der Waals surface area contributed by atoms with E-state index in [2.05, 4.69) is 36.6 Å². The topological polar surface area (TPSA) is 44.7 Å². The third-order valence-electron chi connectivity index (χ3n) is 5.35. The van der Waals surface area contributed by atoms with Gasteiger partial charge < -0.3 is 0 Å². The van der Waals surface area contributed by atoms with Gasteiger partial charge in [0.25, 0.3) is 5.91 Å². The van der Waals surface area contributed by atoms with Crippen LogP contribution in [-0.4, -0.2) is 21.5 Å². The van der Waals surface area contributed by atoms with Gasteiger partial charge in [-0.25, -0.2) is 5.01 Å². The van der Waals surface area contributed by atoms with Gasteiger partial charge in [-0.05, 0) is 29.2 Å². The van der Waals surface area contributed by atoms with E-state index in [9.17, 15) is 4.79 Å². The summed E-state index contributed by atoms with van der Waals surface area (Å²) in [5.74, 6) is -0.0846. The molecule has 5 heteroatoms. The van der Waals surface area contributed by atoms with Gasteiger partial charge in [0.15, 0.2) is 5.17 Å². The first-order valence-electron chi connectivity index (χ1n) is 11.6. The van der Waals surface area contributed by atoms with Crippen LogP contribution < -0.4 is 5.43 Å². The Morgan fingerprint density at radius 3 is 2.29 bits per heavy atom. The number of thioether (sulfide) groups is 1. The highest BCUT2D eigenvalue weighted by atomic mass is 32.2. The number of hydrazine groups is 1. The number of rotatable bonds is 8. The van der Waals surface area contributed by atoms with Crippen LogP contribution in [0.4, 0.5) is 0 Å².